The summed E-state index contributed by atoms with van der Waals surface area (Å²) in [4.78, 5) is 12.6. The fourth-order valence-corrected chi connectivity index (χ4v) is 2.90. The van der Waals surface area contributed by atoms with Crippen LogP contribution in [0.25, 0.3) is 0 Å². The predicted octanol–water partition coefficient (Wildman–Crippen LogP) is 2.88. The molecule has 1 aromatic rings. The molecular weight excluding hydrogens is 300 g/mol. The molecule has 0 spiro atoms. The first-order valence-electron chi connectivity index (χ1n) is 7.61. The van der Waals surface area contributed by atoms with Gasteiger partial charge in [0.2, 0.25) is 0 Å². The molecule has 0 radical (unpaired) electrons. The van der Waals surface area contributed by atoms with Gasteiger partial charge in [0.1, 0.15) is 0 Å². The van der Waals surface area contributed by atoms with Gasteiger partial charge in [-0.25, -0.2) is 4.79 Å². The summed E-state index contributed by atoms with van der Waals surface area (Å²) in [7, 11) is -1.03. The Labute approximate surface area is 135 Å². The minimum atomic E-state index is -1.03. The smallest absolute Gasteiger partial charge is 0.319 e. The Balaban J connectivity index is 2.53. The summed E-state index contributed by atoms with van der Waals surface area (Å²) in [5.41, 5.74) is -0.217. The average molecular weight is 326 g/mol. The van der Waals surface area contributed by atoms with Crippen molar-refractivity contribution in [3.8, 4) is 0 Å². The van der Waals surface area contributed by atoms with E-state index >= 15 is 0 Å². The van der Waals surface area contributed by atoms with Crippen molar-refractivity contribution >= 4 is 22.5 Å². The third kappa shape index (κ3) is 6.15. The second-order valence-corrected chi connectivity index (χ2v) is 6.89. The molecule has 3 N–H and O–H groups in total. The van der Waals surface area contributed by atoms with E-state index in [4.69, 9.17) is 0 Å². The van der Waals surface area contributed by atoms with Crippen LogP contribution in [0.3, 0.4) is 0 Å². The topological polar surface area (TPSA) is 78.4 Å². The lowest BCUT2D eigenvalue weighted by Gasteiger charge is -2.27. The van der Waals surface area contributed by atoms with Gasteiger partial charge in [-0.05, 0) is 37.1 Å². The van der Waals surface area contributed by atoms with Gasteiger partial charge in [0.15, 0.2) is 0 Å². The van der Waals surface area contributed by atoms with E-state index in [1.54, 1.807) is 30.5 Å². The van der Waals surface area contributed by atoms with E-state index < -0.39 is 16.4 Å². The molecule has 1 atom stereocenters. The van der Waals surface area contributed by atoms with Crippen LogP contribution in [-0.2, 0) is 10.8 Å². The summed E-state index contributed by atoms with van der Waals surface area (Å²) in [5, 5.41) is 15.9. The van der Waals surface area contributed by atoms with Crippen molar-refractivity contribution in [2.24, 2.45) is 0 Å². The lowest BCUT2D eigenvalue weighted by Crippen LogP contribution is -2.44. The first-order chi connectivity index (χ1) is 10.4. The largest absolute Gasteiger partial charge is 0.388 e. The van der Waals surface area contributed by atoms with E-state index in [2.05, 4.69) is 10.6 Å². The minimum absolute atomic E-state index is 0.234. The Morgan fingerprint density at radius 2 is 1.73 bits per heavy atom. The Morgan fingerprint density at radius 1 is 1.18 bits per heavy atom. The van der Waals surface area contributed by atoms with Gasteiger partial charge in [-0.3, -0.25) is 4.21 Å². The number of aliphatic hydroxyl groups is 1. The summed E-state index contributed by atoms with van der Waals surface area (Å²) in [6.07, 6.45) is 4.68. The van der Waals surface area contributed by atoms with Gasteiger partial charge in [-0.15, -0.1) is 0 Å². The zero-order chi connectivity index (χ0) is 16.6. The first kappa shape index (κ1) is 18.6. The number of nitrogens with one attached hydrogen (secondary N) is 2. The molecule has 124 valence electrons. The monoisotopic (exact) mass is 326 g/mol. The lowest BCUT2D eigenvalue weighted by atomic mass is 9.93. The molecule has 6 heteroatoms. The van der Waals surface area contributed by atoms with E-state index in [1.807, 2.05) is 13.8 Å². The highest BCUT2D eigenvalue weighted by atomic mass is 32.2. The maximum Gasteiger partial charge on any atom is 0.319 e. The maximum atomic E-state index is 11.9. The van der Waals surface area contributed by atoms with Crippen LogP contribution in [0.2, 0.25) is 0 Å². The molecule has 1 unspecified atom stereocenters. The SMILES string of the molecule is CCCC(O)(CCC)CNC(=O)Nc1ccc(S(C)=O)cc1. The summed E-state index contributed by atoms with van der Waals surface area (Å²) in [6, 6.07) is 6.50. The van der Waals surface area contributed by atoms with Crippen molar-refractivity contribution in [3.63, 3.8) is 0 Å². The van der Waals surface area contributed by atoms with E-state index in [1.165, 1.54) is 0 Å². The number of hydrogen-bond donors (Lipinski definition) is 3. The van der Waals surface area contributed by atoms with Gasteiger partial charge in [-0.1, -0.05) is 26.7 Å². The summed E-state index contributed by atoms with van der Waals surface area (Å²) < 4.78 is 11.3. The maximum absolute atomic E-state index is 11.9. The van der Waals surface area contributed by atoms with Crippen LogP contribution in [0.15, 0.2) is 29.2 Å². The van der Waals surface area contributed by atoms with E-state index in [0.29, 0.717) is 23.4 Å². The molecular formula is C16H26N2O3S. The molecule has 5 nitrogen and oxygen atoms in total. The van der Waals surface area contributed by atoms with Gasteiger partial charge in [-0.2, -0.15) is 0 Å². The normalized spacial score (nSPS) is 12.7. The number of carbonyl (C=O) groups excluding carboxylic acids is 1. The Morgan fingerprint density at radius 3 is 2.18 bits per heavy atom. The van der Waals surface area contributed by atoms with Crippen molar-refractivity contribution in [3.05, 3.63) is 24.3 Å². The molecule has 2 amide bonds. The van der Waals surface area contributed by atoms with Crippen LogP contribution >= 0.6 is 0 Å². The van der Waals surface area contributed by atoms with Gasteiger partial charge in [0, 0.05) is 34.2 Å². The third-order valence-electron chi connectivity index (χ3n) is 3.45. The van der Waals surface area contributed by atoms with E-state index in [9.17, 15) is 14.1 Å². The van der Waals surface area contributed by atoms with Crippen molar-refractivity contribution in [1.82, 2.24) is 5.32 Å². The quantitative estimate of drug-likeness (QED) is 0.687. The number of rotatable bonds is 8. The van der Waals surface area contributed by atoms with Crippen LogP contribution < -0.4 is 10.6 Å². The number of amides is 2. The van der Waals surface area contributed by atoms with Gasteiger partial charge in [0.05, 0.1) is 5.60 Å². The van der Waals surface area contributed by atoms with Crippen LogP contribution in [0.4, 0.5) is 10.5 Å². The van der Waals surface area contributed by atoms with Gasteiger partial charge in [0.25, 0.3) is 0 Å². The molecule has 0 aromatic heterocycles. The highest BCUT2D eigenvalue weighted by Crippen LogP contribution is 2.18. The summed E-state index contributed by atoms with van der Waals surface area (Å²) in [6.45, 7) is 4.26. The molecule has 0 aliphatic carbocycles. The van der Waals surface area contributed by atoms with E-state index in [0.717, 1.165) is 12.8 Å². The zero-order valence-corrected chi connectivity index (χ0v) is 14.3. The second-order valence-electron chi connectivity index (χ2n) is 5.51. The van der Waals surface area contributed by atoms with Crippen molar-refractivity contribution < 1.29 is 14.1 Å². The molecule has 1 aromatic carbocycles. The third-order valence-corrected chi connectivity index (χ3v) is 4.39. The minimum Gasteiger partial charge on any atom is -0.388 e. The number of urea groups is 1. The zero-order valence-electron chi connectivity index (χ0n) is 13.5. The van der Waals surface area contributed by atoms with Crippen molar-refractivity contribution in [2.75, 3.05) is 18.1 Å². The molecule has 0 saturated carbocycles. The van der Waals surface area contributed by atoms with E-state index in [-0.39, 0.29) is 12.6 Å². The fraction of sp³-hybridized carbons (Fsp3) is 0.562. The average Bonchev–Trinajstić information content (AvgIpc) is 2.46. The first-order valence-corrected chi connectivity index (χ1v) is 9.16. The number of anilines is 1. The molecule has 22 heavy (non-hydrogen) atoms. The molecule has 0 aliphatic heterocycles. The molecule has 0 saturated heterocycles. The Bertz CT molecular complexity index is 497. The number of benzene rings is 1. The van der Waals surface area contributed by atoms with Crippen LogP contribution in [0.5, 0.6) is 0 Å². The number of carbonyl (C=O) groups is 1. The van der Waals surface area contributed by atoms with Crippen molar-refractivity contribution in [1.29, 1.82) is 0 Å². The summed E-state index contributed by atoms with van der Waals surface area (Å²) >= 11 is 0. The second kappa shape index (κ2) is 8.90. The predicted molar refractivity (Wildman–Crippen MR) is 90.6 cm³/mol. The Hall–Kier alpha value is -1.40. The van der Waals surface area contributed by atoms with Gasteiger partial charge < -0.3 is 15.7 Å². The van der Waals surface area contributed by atoms with Crippen LogP contribution in [0, 0.1) is 0 Å². The van der Waals surface area contributed by atoms with Crippen molar-refractivity contribution in [2.45, 2.75) is 50.0 Å². The molecule has 0 bridgehead atoms. The van der Waals surface area contributed by atoms with Gasteiger partial charge >= 0.3 is 6.03 Å². The highest BCUT2D eigenvalue weighted by molar-refractivity contribution is 7.84. The molecule has 0 aliphatic rings. The summed E-state index contributed by atoms with van der Waals surface area (Å²) in [5.74, 6) is 0. The van der Waals surface area contributed by atoms with Crippen LogP contribution in [-0.4, -0.2) is 33.7 Å². The fourth-order valence-electron chi connectivity index (χ4n) is 2.38. The number of hydrogen-bond acceptors (Lipinski definition) is 3. The Kier molecular flexibility index (Phi) is 7.55. The molecule has 0 fully saturated rings. The van der Waals surface area contributed by atoms with Crippen LogP contribution in [0.1, 0.15) is 39.5 Å². The lowest BCUT2D eigenvalue weighted by molar-refractivity contribution is 0.0245. The molecule has 0 heterocycles. The highest BCUT2D eigenvalue weighted by Gasteiger charge is 2.25. The molecule has 1 rings (SSSR count). The standard InChI is InChI=1S/C16H26N2O3S/c1-4-10-16(20,11-5-2)12-17-15(19)18-13-6-8-14(9-7-13)22(3)21/h6-9,20H,4-5,10-12H2,1-3H3,(H2,17,18,19).